The van der Waals surface area contributed by atoms with E-state index in [4.69, 9.17) is 0 Å². The Morgan fingerprint density at radius 2 is 2.20 bits per heavy atom. The van der Waals surface area contributed by atoms with Crippen LogP contribution in [0.3, 0.4) is 0 Å². The molecule has 2 rings (SSSR count). The maximum absolute atomic E-state index is 11.9. The van der Waals surface area contributed by atoms with Crippen molar-refractivity contribution in [1.29, 1.82) is 0 Å². The summed E-state index contributed by atoms with van der Waals surface area (Å²) in [5, 5.41) is 2.76. The second-order valence-corrected chi connectivity index (χ2v) is 5.06. The molecule has 1 heterocycles. The van der Waals surface area contributed by atoms with E-state index < -0.39 is 0 Å². The van der Waals surface area contributed by atoms with Crippen molar-refractivity contribution < 1.29 is 9.59 Å². The Kier molecular flexibility index (Phi) is 3.19. The van der Waals surface area contributed by atoms with Gasteiger partial charge in [-0.15, -0.1) is 0 Å². The maximum atomic E-state index is 11.9. The molecule has 1 aliphatic carbocycles. The van der Waals surface area contributed by atoms with Gasteiger partial charge in [-0.05, 0) is 37.7 Å². The van der Waals surface area contributed by atoms with Gasteiger partial charge >= 0.3 is 6.03 Å². The summed E-state index contributed by atoms with van der Waals surface area (Å²) >= 11 is 1.70. The van der Waals surface area contributed by atoms with Crippen LogP contribution in [0.4, 0.5) is 4.79 Å². The van der Waals surface area contributed by atoms with E-state index in [9.17, 15) is 9.59 Å². The number of hydrogen-bond donors (Lipinski definition) is 1. The standard InChI is InChI=1S/C10H16N2O2S/c1-15-6-5-8-9(13)12(10(14)11-8)7-3-2-4-7/h7-8H,2-6H2,1H3,(H,11,14). The number of nitrogens with one attached hydrogen (secondary N) is 1. The van der Waals surface area contributed by atoms with Gasteiger partial charge in [-0.1, -0.05) is 0 Å². The highest BCUT2D eigenvalue weighted by molar-refractivity contribution is 7.98. The van der Waals surface area contributed by atoms with Crippen molar-refractivity contribution in [1.82, 2.24) is 10.2 Å². The van der Waals surface area contributed by atoms with Crippen LogP contribution in [0, 0.1) is 0 Å². The zero-order valence-electron chi connectivity index (χ0n) is 8.86. The summed E-state index contributed by atoms with van der Waals surface area (Å²) in [7, 11) is 0. The van der Waals surface area contributed by atoms with Crippen molar-refractivity contribution in [2.45, 2.75) is 37.8 Å². The van der Waals surface area contributed by atoms with Crippen LogP contribution in [0.15, 0.2) is 0 Å². The van der Waals surface area contributed by atoms with Crippen molar-refractivity contribution >= 4 is 23.7 Å². The van der Waals surface area contributed by atoms with Gasteiger partial charge in [-0.2, -0.15) is 11.8 Å². The minimum atomic E-state index is -0.273. The van der Waals surface area contributed by atoms with Gasteiger partial charge in [0, 0.05) is 6.04 Å². The monoisotopic (exact) mass is 228 g/mol. The molecule has 0 bridgehead atoms. The fraction of sp³-hybridized carbons (Fsp3) is 0.800. The molecule has 0 radical (unpaired) electrons. The van der Waals surface area contributed by atoms with Crippen LogP contribution in [0.1, 0.15) is 25.7 Å². The SMILES string of the molecule is CSCCC1NC(=O)N(C2CCC2)C1=O. The summed E-state index contributed by atoms with van der Waals surface area (Å²) < 4.78 is 0. The van der Waals surface area contributed by atoms with Crippen molar-refractivity contribution in [2.24, 2.45) is 0 Å². The molecule has 0 aromatic carbocycles. The van der Waals surface area contributed by atoms with Gasteiger partial charge in [0.15, 0.2) is 0 Å². The molecular weight excluding hydrogens is 212 g/mol. The molecule has 1 atom stereocenters. The van der Waals surface area contributed by atoms with E-state index in [-0.39, 0.29) is 24.0 Å². The van der Waals surface area contributed by atoms with Crippen LogP contribution >= 0.6 is 11.8 Å². The highest BCUT2D eigenvalue weighted by Gasteiger charge is 2.43. The number of amides is 3. The first-order valence-corrected chi connectivity index (χ1v) is 6.76. The topological polar surface area (TPSA) is 49.4 Å². The Balaban J connectivity index is 1.96. The molecule has 15 heavy (non-hydrogen) atoms. The van der Waals surface area contributed by atoms with E-state index in [1.807, 2.05) is 6.26 Å². The fourth-order valence-corrected chi connectivity index (χ4v) is 2.44. The van der Waals surface area contributed by atoms with Crippen molar-refractivity contribution in [3.05, 3.63) is 0 Å². The van der Waals surface area contributed by atoms with E-state index in [0.29, 0.717) is 0 Å². The molecule has 1 saturated heterocycles. The Hall–Kier alpha value is -0.710. The molecular formula is C10H16N2O2S. The third-order valence-corrected chi connectivity index (χ3v) is 3.75. The number of carbonyl (C=O) groups excluding carboxylic acids is 2. The first-order valence-electron chi connectivity index (χ1n) is 5.36. The number of nitrogens with zero attached hydrogens (tertiary/aromatic N) is 1. The molecule has 0 aromatic rings. The molecule has 2 fully saturated rings. The van der Waals surface area contributed by atoms with Crippen molar-refractivity contribution in [3.63, 3.8) is 0 Å². The smallest absolute Gasteiger partial charge is 0.325 e. The van der Waals surface area contributed by atoms with Crippen LogP contribution in [-0.4, -0.2) is 40.9 Å². The molecule has 5 heteroatoms. The Morgan fingerprint density at radius 1 is 1.47 bits per heavy atom. The number of imide groups is 1. The third-order valence-electron chi connectivity index (χ3n) is 3.10. The zero-order valence-corrected chi connectivity index (χ0v) is 9.68. The second-order valence-electron chi connectivity index (χ2n) is 4.08. The van der Waals surface area contributed by atoms with Crippen LogP contribution in [-0.2, 0) is 4.79 Å². The number of thioether (sulfide) groups is 1. The molecule has 1 saturated carbocycles. The molecule has 84 valence electrons. The molecule has 1 N–H and O–H groups in total. The van der Waals surface area contributed by atoms with Gasteiger partial charge in [-0.25, -0.2) is 4.79 Å². The minimum Gasteiger partial charge on any atom is -0.326 e. The number of carbonyl (C=O) groups is 2. The lowest BCUT2D eigenvalue weighted by Gasteiger charge is -2.32. The highest BCUT2D eigenvalue weighted by Crippen LogP contribution is 2.28. The van der Waals surface area contributed by atoms with Gasteiger partial charge < -0.3 is 5.32 Å². The zero-order chi connectivity index (χ0) is 10.8. The average Bonchev–Trinajstić information content (AvgIpc) is 2.40. The predicted octanol–water partition coefficient (Wildman–Crippen LogP) is 1.21. The Morgan fingerprint density at radius 3 is 2.73 bits per heavy atom. The normalized spacial score (nSPS) is 26.7. The highest BCUT2D eigenvalue weighted by atomic mass is 32.2. The van der Waals surface area contributed by atoms with E-state index in [1.54, 1.807) is 11.8 Å². The number of rotatable bonds is 4. The number of hydrogen-bond acceptors (Lipinski definition) is 3. The Labute approximate surface area is 93.8 Å². The summed E-state index contributed by atoms with van der Waals surface area (Å²) in [4.78, 5) is 24.9. The predicted molar refractivity (Wildman–Crippen MR) is 59.8 cm³/mol. The largest absolute Gasteiger partial charge is 0.326 e. The molecule has 4 nitrogen and oxygen atoms in total. The quantitative estimate of drug-likeness (QED) is 0.736. The van der Waals surface area contributed by atoms with E-state index >= 15 is 0 Å². The van der Waals surface area contributed by atoms with Gasteiger partial charge in [-0.3, -0.25) is 9.69 Å². The molecule has 1 aliphatic heterocycles. The second kappa shape index (κ2) is 4.43. The van der Waals surface area contributed by atoms with E-state index in [0.717, 1.165) is 31.4 Å². The first-order chi connectivity index (χ1) is 7.24. The van der Waals surface area contributed by atoms with Gasteiger partial charge in [0.1, 0.15) is 6.04 Å². The first kappa shape index (κ1) is 10.8. The minimum absolute atomic E-state index is 0.0150. The van der Waals surface area contributed by atoms with Gasteiger partial charge in [0.2, 0.25) is 0 Å². The lowest BCUT2D eigenvalue weighted by atomic mass is 9.91. The number of urea groups is 1. The molecule has 0 aromatic heterocycles. The van der Waals surface area contributed by atoms with Crippen molar-refractivity contribution in [2.75, 3.05) is 12.0 Å². The van der Waals surface area contributed by atoms with Crippen LogP contribution in [0.25, 0.3) is 0 Å². The van der Waals surface area contributed by atoms with Gasteiger partial charge in [0.05, 0.1) is 0 Å². The lowest BCUT2D eigenvalue weighted by molar-refractivity contribution is -0.130. The van der Waals surface area contributed by atoms with Gasteiger partial charge in [0.25, 0.3) is 5.91 Å². The maximum Gasteiger partial charge on any atom is 0.325 e. The summed E-state index contributed by atoms with van der Waals surface area (Å²) in [6.07, 6.45) is 5.85. The summed E-state index contributed by atoms with van der Waals surface area (Å²) in [5.74, 6) is 0.897. The van der Waals surface area contributed by atoms with Crippen LogP contribution in [0.5, 0.6) is 0 Å². The summed E-state index contributed by atoms with van der Waals surface area (Å²) in [6, 6.07) is -0.280. The molecule has 3 amide bonds. The molecule has 2 aliphatic rings. The van der Waals surface area contributed by atoms with Crippen LogP contribution < -0.4 is 5.32 Å². The van der Waals surface area contributed by atoms with Crippen LogP contribution in [0.2, 0.25) is 0 Å². The van der Waals surface area contributed by atoms with E-state index in [2.05, 4.69) is 5.32 Å². The lowest BCUT2D eigenvalue weighted by Crippen LogP contribution is -2.44. The average molecular weight is 228 g/mol. The summed E-state index contributed by atoms with van der Waals surface area (Å²) in [6.45, 7) is 0. The molecule has 1 unspecified atom stereocenters. The Bertz CT molecular complexity index is 279. The van der Waals surface area contributed by atoms with E-state index in [1.165, 1.54) is 4.90 Å². The summed E-state index contributed by atoms with van der Waals surface area (Å²) in [5.41, 5.74) is 0. The molecule has 0 spiro atoms. The fourth-order valence-electron chi connectivity index (χ4n) is 1.97. The third kappa shape index (κ3) is 1.97. The van der Waals surface area contributed by atoms with Crippen molar-refractivity contribution in [3.8, 4) is 0 Å².